The molecular weight excluding hydrogens is 186 g/mol. The van der Waals surface area contributed by atoms with E-state index < -0.39 is 0 Å². The van der Waals surface area contributed by atoms with Crippen molar-refractivity contribution in [2.24, 2.45) is 5.73 Å². The molecule has 84 valence electrons. The van der Waals surface area contributed by atoms with Gasteiger partial charge in [0, 0.05) is 0 Å². The second-order valence-corrected chi connectivity index (χ2v) is 4.40. The van der Waals surface area contributed by atoms with Crippen molar-refractivity contribution >= 4 is 0 Å². The van der Waals surface area contributed by atoms with Crippen LogP contribution in [0, 0.1) is 0 Å². The van der Waals surface area contributed by atoms with Crippen LogP contribution in [-0.2, 0) is 6.42 Å². The second-order valence-electron chi connectivity index (χ2n) is 4.40. The first-order chi connectivity index (χ1) is 7.07. The third-order valence-electron chi connectivity index (χ3n) is 2.47. The van der Waals surface area contributed by atoms with Gasteiger partial charge in [0.1, 0.15) is 11.4 Å². The fourth-order valence-electron chi connectivity index (χ4n) is 1.51. The smallest absolute Gasteiger partial charge is 0.120 e. The summed E-state index contributed by atoms with van der Waals surface area (Å²) in [5, 5.41) is 0. The third-order valence-corrected chi connectivity index (χ3v) is 2.47. The summed E-state index contributed by atoms with van der Waals surface area (Å²) in [6.45, 7) is 6.93. The maximum absolute atomic E-state index is 5.86. The summed E-state index contributed by atoms with van der Waals surface area (Å²) in [4.78, 5) is 0. The lowest BCUT2D eigenvalue weighted by molar-refractivity contribution is 0.102. The Hall–Kier alpha value is -1.02. The highest BCUT2D eigenvalue weighted by Crippen LogP contribution is 2.21. The molecule has 0 radical (unpaired) electrons. The quantitative estimate of drug-likeness (QED) is 0.805. The fourth-order valence-corrected chi connectivity index (χ4v) is 1.51. The van der Waals surface area contributed by atoms with Gasteiger partial charge >= 0.3 is 0 Å². The first-order valence-electron chi connectivity index (χ1n) is 5.55. The summed E-state index contributed by atoms with van der Waals surface area (Å²) in [5.41, 5.74) is 6.69. The highest BCUT2D eigenvalue weighted by molar-refractivity contribution is 5.27. The fraction of sp³-hybridized carbons (Fsp3) is 0.538. The topological polar surface area (TPSA) is 35.2 Å². The molecule has 0 atom stereocenters. The van der Waals surface area contributed by atoms with Crippen molar-refractivity contribution < 1.29 is 4.74 Å². The summed E-state index contributed by atoms with van der Waals surface area (Å²) in [5.74, 6) is 0.922. The summed E-state index contributed by atoms with van der Waals surface area (Å²) in [6, 6.07) is 8.26. The predicted molar refractivity (Wildman–Crippen MR) is 64.2 cm³/mol. The lowest BCUT2D eigenvalue weighted by atomic mass is 10.1. The van der Waals surface area contributed by atoms with Crippen molar-refractivity contribution in [2.75, 3.05) is 6.54 Å². The SMILES string of the molecule is CCc1ccc(OC(C)(C)CCN)cc1. The Morgan fingerprint density at radius 3 is 2.27 bits per heavy atom. The van der Waals surface area contributed by atoms with Crippen LogP contribution in [0.3, 0.4) is 0 Å². The van der Waals surface area contributed by atoms with E-state index in [0.29, 0.717) is 6.54 Å². The van der Waals surface area contributed by atoms with Gasteiger partial charge in [0.05, 0.1) is 0 Å². The van der Waals surface area contributed by atoms with Crippen molar-refractivity contribution in [1.82, 2.24) is 0 Å². The molecule has 0 saturated heterocycles. The number of benzene rings is 1. The van der Waals surface area contributed by atoms with Gasteiger partial charge in [-0.1, -0.05) is 19.1 Å². The van der Waals surface area contributed by atoms with E-state index in [4.69, 9.17) is 10.5 Å². The van der Waals surface area contributed by atoms with Crippen LogP contribution in [0.15, 0.2) is 24.3 Å². The van der Waals surface area contributed by atoms with Crippen LogP contribution in [0.1, 0.15) is 32.8 Å². The first kappa shape index (κ1) is 12.1. The highest BCUT2D eigenvalue weighted by Gasteiger charge is 2.18. The van der Waals surface area contributed by atoms with Gasteiger partial charge in [-0.15, -0.1) is 0 Å². The maximum atomic E-state index is 5.86. The van der Waals surface area contributed by atoms with Crippen molar-refractivity contribution in [3.8, 4) is 5.75 Å². The molecule has 2 nitrogen and oxygen atoms in total. The minimum Gasteiger partial charge on any atom is -0.488 e. The third kappa shape index (κ3) is 3.92. The van der Waals surface area contributed by atoms with E-state index in [1.807, 2.05) is 12.1 Å². The van der Waals surface area contributed by atoms with Gasteiger partial charge < -0.3 is 10.5 Å². The monoisotopic (exact) mass is 207 g/mol. The molecule has 1 aromatic carbocycles. The number of aryl methyl sites for hydroxylation is 1. The Morgan fingerprint density at radius 1 is 1.20 bits per heavy atom. The molecule has 0 heterocycles. The van der Waals surface area contributed by atoms with Gasteiger partial charge in [-0.2, -0.15) is 0 Å². The Kier molecular flexibility index (Phi) is 4.15. The van der Waals surface area contributed by atoms with Crippen molar-refractivity contribution in [2.45, 2.75) is 39.2 Å². The van der Waals surface area contributed by atoms with Crippen molar-refractivity contribution in [3.63, 3.8) is 0 Å². The lowest BCUT2D eigenvalue weighted by Gasteiger charge is -2.26. The highest BCUT2D eigenvalue weighted by atomic mass is 16.5. The number of hydrogen-bond acceptors (Lipinski definition) is 2. The largest absolute Gasteiger partial charge is 0.488 e. The molecule has 0 aliphatic carbocycles. The molecule has 0 saturated carbocycles. The van der Waals surface area contributed by atoms with Crippen LogP contribution in [0.25, 0.3) is 0 Å². The average Bonchev–Trinajstić information content (AvgIpc) is 2.18. The summed E-state index contributed by atoms with van der Waals surface area (Å²) in [6.07, 6.45) is 1.93. The number of nitrogens with two attached hydrogens (primary N) is 1. The molecule has 2 heteroatoms. The van der Waals surface area contributed by atoms with E-state index in [1.54, 1.807) is 0 Å². The molecule has 0 unspecified atom stereocenters. The van der Waals surface area contributed by atoms with Gasteiger partial charge in [0.25, 0.3) is 0 Å². The number of ether oxygens (including phenoxy) is 1. The van der Waals surface area contributed by atoms with Crippen LogP contribution < -0.4 is 10.5 Å². The van der Waals surface area contributed by atoms with E-state index in [9.17, 15) is 0 Å². The second kappa shape index (κ2) is 5.17. The maximum Gasteiger partial charge on any atom is 0.120 e. The summed E-state index contributed by atoms with van der Waals surface area (Å²) < 4.78 is 5.86. The minimum atomic E-state index is -0.178. The standard InChI is InChI=1S/C13H21NO/c1-4-11-5-7-12(8-6-11)15-13(2,3)9-10-14/h5-8H,4,9-10,14H2,1-3H3. The minimum absolute atomic E-state index is 0.178. The van der Waals surface area contributed by atoms with Crippen LogP contribution >= 0.6 is 0 Å². The number of hydrogen-bond donors (Lipinski definition) is 1. The molecule has 0 fully saturated rings. The van der Waals surface area contributed by atoms with E-state index >= 15 is 0 Å². The zero-order valence-electron chi connectivity index (χ0n) is 9.92. The zero-order valence-corrected chi connectivity index (χ0v) is 9.92. The summed E-state index contributed by atoms with van der Waals surface area (Å²) in [7, 11) is 0. The Labute approximate surface area is 92.4 Å². The van der Waals surface area contributed by atoms with E-state index in [1.165, 1.54) is 5.56 Å². The van der Waals surface area contributed by atoms with E-state index in [-0.39, 0.29) is 5.60 Å². The van der Waals surface area contributed by atoms with Crippen LogP contribution in [0.2, 0.25) is 0 Å². The zero-order chi connectivity index (χ0) is 11.3. The van der Waals surface area contributed by atoms with Gasteiger partial charge in [0.15, 0.2) is 0 Å². The van der Waals surface area contributed by atoms with Gasteiger partial charge in [-0.3, -0.25) is 0 Å². The van der Waals surface area contributed by atoms with Gasteiger partial charge in [0.2, 0.25) is 0 Å². The molecule has 0 spiro atoms. The van der Waals surface area contributed by atoms with Crippen molar-refractivity contribution in [1.29, 1.82) is 0 Å². The molecule has 0 aliphatic heterocycles. The lowest BCUT2D eigenvalue weighted by Crippen LogP contribution is -2.31. The molecular formula is C13H21NO. The van der Waals surface area contributed by atoms with Gasteiger partial charge in [-0.25, -0.2) is 0 Å². The summed E-state index contributed by atoms with van der Waals surface area (Å²) >= 11 is 0. The predicted octanol–water partition coefficient (Wildman–Crippen LogP) is 2.76. The van der Waals surface area contributed by atoms with E-state index in [0.717, 1.165) is 18.6 Å². The molecule has 0 amide bonds. The average molecular weight is 207 g/mol. The van der Waals surface area contributed by atoms with Gasteiger partial charge in [-0.05, 0) is 50.9 Å². The van der Waals surface area contributed by atoms with E-state index in [2.05, 4.69) is 32.9 Å². The van der Waals surface area contributed by atoms with Crippen molar-refractivity contribution in [3.05, 3.63) is 29.8 Å². The van der Waals surface area contributed by atoms with Crippen LogP contribution in [0.4, 0.5) is 0 Å². The molecule has 15 heavy (non-hydrogen) atoms. The van der Waals surface area contributed by atoms with Crippen LogP contribution in [0.5, 0.6) is 5.75 Å². The molecule has 1 aromatic rings. The number of rotatable bonds is 5. The van der Waals surface area contributed by atoms with Crippen LogP contribution in [-0.4, -0.2) is 12.1 Å². The Bertz CT molecular complexity index is 290. The molecule has 0 aliphatic rings. The molecule has 0 bridgehead atoms. The molecule has 2 N–H and O–H groups in total. The molecule has 0 aromatic heterocycles. The Balaban J connectivity index is 2.64. The Morgan fingerprint density at radius 2 is 1.80 bits per heavy atom. The first-order valence-corrected chi connectivity index (χ1v) is 5.55. The molecule has 1 rings (SSSR count). The normalized spacial score (nSPS) is 11.5.